The third-order valence-corrected chi connectivity index (χ3v) is 4.36. The van der Waals surface area contributed by atoms with E-state index in [1.807, 2.05) is 0 Å². The van der Waals surface area contributed by atoms with E-state index in [4.69, 9.17) is 0 Å². The molecule has 0 aliphatic carbocycles. The first kappa shape index (κ1) is 14.0. The van der Waals surface area contributed by atoms with Crippen molar-refractivity contribution in [2.24, 2.45) is 16.7 Å². The molecular weight excluding hydrogens is 168 g/mol. The van der Waals surface area contributed by atoms with Gasteiger partial charge < -0.3 is 0 Å². The van der Waals surface area contributed by atoms with E-state index >= 15 is 0 Å². The summed E-state index contributed by atoms with van der Waals surface area (Å²) in [6.45, 7) is 16.7. The fraction of sp³-hybridized carbons (Fsp3) is 1.00. The quantitative estimate of drug-likeness (QED) is 0.545. The van der Waals surface area contributed by atoms with Crippen LogP contribution in [0.5, 0.6) is 0 Å². The Morgan fingerprint density at radius 2 is 1.43 bits per heavy atom. The molecule has 0 radical (unpaired) electrons. The average molecular weight is 198 g/mol. The van der Waals surface area contributed by atoms with Crippen LogP contribution in [-0.2, 0) is 0 Å². The van der Waals surface area contributed by atoms with Gasteiger partial charge in [0.25, 0.3) is 0 Å². The number of hydrogen-bond donors (Lipinski definition) is 0. The second-order valence-corrected chi connectivity index (χ2v) is 6.22. The van der Waals surface area contributed by atoms with Crippen molar-refractivity contribution in [1.29, 1.82) is 0 Å². The summed E-state index contributed by atoms with van der Waals surface area (Å²) in [4.78, 5) is 0. The van der Waals surface area contributed by atoms with Crippen molar-refractivity contribution in [3.05, 3.63) is 0 Å². The molecule has 0 heterocycles. The summed E-state index contributed by atoms with van der Waals surface area (Å²) in [7, 11) is 0. The molecule has 0 spiro atoms. The molecule has 1 atom stereocenters. The van der Waals surface area contributed by atoms with E-state index < -0.39 is 0 Å². The van der Waals surface area contributed by atoms with Gasteiger partial charge >= 0.3 is 0 Å². The van der Waals surface area contributed by atoms with E-state index in [9.17, 15) is 0 Å². The molecule has 0 fully saturated rings. The number of rotatable bonds is 6. The fourth-order valence-corrected chi connectivity index (χ4v) is 2.22. The summed E-state index contributed by atoms with van der Waals surface area (Å²) in [5.41, 5.74) is 0.936. The van der Waals surface area contributed by atoms with E-state index in [2.05, 4.69) is 48.5 Å². The lowest BCUT2D eigenvalue weighted by Crippen LogP contribution is -2.33. The van der Waals surface area contributed by atoms with Gasteiger partial charge in [-0.25, -0.2) is 0 Å². The molecule has 0 aliphatic rings. The Balaban J connectivity index is 4.32. The van der Waals surface area contributed by atoms with E-state index in [-0.39, 0.29) is 0 Å². The van der Waals surface area contributed by atoms with Gasteiger partial charge in [-0.3, -0.25) is 0 Å². The van der Waals surface area contributed by atoms with Gasteiger partial charge in [0.2, 0.25) is 0 Å². The predicted octanol–water partition coefficient (Wildman–Crippen LogP) is 5.28. The van der Waals surface area contributed by atoms with Crippen molar-refractivity contribution < 1.29 is 0 Å². The fourth-order valence-electron chi connectivity index (χ4n) is 2.22. The maximum absolute atomic E-state index is 2.43. The highest BCUT2D eigenvalue weighted by molar-refractivity contribution is 4.86. The molecule has 0 N–H and O–H groups in total. The van der Waals surface area contributed by atoms with Gasteiger partial charge in [0.15, 0.2) is 0 Å². The van der Waals surface area contributed by atoms with Crippen molar-refractivity contribution in [2.45, 2.75) is 74.1 Å². The zero-order valence-electron chi connectivity index (χ0n) is 11.4. The minimum Gasteiger partial charge on any atom is -0.0654 e. The van der Waals surface area contributed by atoms with Gasteiger partial charge in [0.05, 0.1) is 0 Å². The zero-order valence-corrected chi connectivity index (χ0v) is 11.4. The van der Waals surface area contributed by atoms with Crippen LogP contribution >= 0.6 is 0 Å². The average Bonchev–Trinajstić information content (AvgIpc) is 2.03. The minimum atomic E-state index is 0.467. The van der Waals surface area contributed by atoms with E-state index in [1.165, 1.54) is 25.7 Å². The Morgan fingerprint density at radius 1 is 0.929 bits per heavy atom. The molecule has 0 saturated carbocycles. The molecule has 0 saturated heterocycles. The predicted molar refractivity (Wildman–Crippen MR) is 66.5 cm³/mol. The lowest BCUT2D eigenvalue weighted by Gasteiger charge is -2.43. The highest BCUT2D eigenvalue weighted by Crippen LogP contribution is 2.45. The van der Waals surface area contributed by atoms with Gasteiger partial charge in [-0.1, -0.05) is 67.7 Å². The second-order valence-electron chi connectivity index (χ2n) is 6.22. The van der Waals surface area contributed by atoms with Crippen molar-refractivity contribution in [3.63, 3.8) is 0 Å². The molecule has 14 heavy (non-hydrogen) atoms. The van der Waals surface area contributed by atoms with Gasteiger partial charge in [-0.15, -0.1) is 0 Å². The molecule has 1 unspecified atom stereocenters. The molecule has 86 valence electrons. The Morgan fingerprint density at radius 3 is 1.79 bits per heavy atom. The standard InChI is InChI=1S/C14H30/c1-8-10-12(3)11-14(6,7)13(4,5)9-2/h12H,8-11H2,1-7H3. The number of hydrogen-bond acceptors (Lipinski definition) is 0. The van der Waals surface area contributed by atoms with Crippen LogP contribution < -0.4 is 0 Å². The summed E-state index contributed by atoms with van der Waals surface area (Å²) < 4.78 is 0. The maximum Gasteiger partial charge on any atom is -0.0301 e. The Labute approximate surface area is 91.5 Å². The van der Waals surface area contributed by atoms with Crippen molar-refractivity contribution in [3.8, 4) is 0 Å². The summed E-state index contributed by atoms with van der Waals surface area (Å²) in [6, 6.07) is 0. The van der Waals surface area contributed by atoms with Crippen molar-refractivity contribution >= 4 is 0 Å². The van der Waals surface area contributed by atoms with Crippen LogP contribution in [0.25, 0.3) is 0 Å². The largest absolute Gasteiger partial charge is 0.0654 e. The van der Waals surface area contributed by atoms with E-state index in [0.717, 1.165) is 5.92 Å². The molecule has 0 aliphatic heterocycles. The monoisotopic (exact) mass is 198 g/mol. The summed E-state index contributed by atoms with van der Waals surface area (Å²) in [5.74, 6) is 0.876. The SMILES string of the molecule is CCCC(C)CC(C)(C)C(C)(C)CC. The molecule has 0 rings (SSSR count). The van der Waals surface area contributed by atoms with E-state index in [1.54, 1.807) is 0 Å². The Kier molecular flexibility index (Phi) is 5.19. The highest BCUT2D eigenvalue weighted by atomic mass is 14.4. The first-order valence-electron chi connectivity index (χ1n) is 6.27. The van der Waals surface area contributed by atoms with Crippen LogP contribution in [0.1, 0.15) is 74.1 Å². The zero-order chi connectivity index (χ0) is 11.4. The summed E-state index contributed by atoms with van der Waals surface area (Å²) in [6.07, 6.45) is 5.34. The van der Waals surface area contributed by atoms with Crippen molar-refractivity contribution in [2.75, 3.05) is 0 Å². The molecule has 0 amide bonds. The highest BCUT2D eigenvalue weighted by Gasteiger charge is 2.35. The summed E-state index contributed by atoms with van der Waals surface area (Å²) >= 11 is 0. The van der Waals surface area contributed by atoms with Crippen LogP contribution in [0, 0.1) is 16.7 Å². The first-order valence-corrected chi connectivity index (χ1v) is 6.27. The molecular formula is C14H30. The minimum absolute atomic E-state index is 0.467. The smallest absolute Gasteiger partial charge is 0.0301 e. The van der Waals surface area contributed by atoms with Crippen LogP contribution in [0.3, 0.4) is 0 Å². The van der Waals surface area contributed by atoms with Gasteiger partial charge in [-0.2, -0.15) is 0 Å². The molecule has 0 aromatic carbocycles. The van der Waals surface area contributed by atoms with Crippen LogP contribution in [0.2, 0.25) is 0 Å². The third-order valence-electron chi connectivity index (χ3n) is 4.36. The Hall–Kier alpha value is 0. The maximum atomic E-state index is 2.43. The molecule has 0 aromatic rings. The first-order chi connectivity index (χ1) is 6.27. The van der Waals surface area contributed by atoms with Gasteiger partial charge in [-0.05, 0) is 23.2 Å². The topological polar surface area (TPSA) is 0 Å². The Bertz CT molecular complexity index is 153. The van der Waals surface area contributed by atoms with E-state index in [0.29, 0.717) is 10.8 Å². The lowest BCUT2D eigenvalue weighted by molar-refractivity contribution is 0.0742. The van der Waals surface area contributed by atoms with Crippen LogP contribution in [0.4, 0.5) is 0 Å². The molecule has 0 nitrogen and oxygen atoms in total. The van der Waals surface area contributed by atoms with Crippen LogP contribution in [0.15, 0.2) is 0 Å². The lowest BCUT2D eigenvalue weighted by atomic mass is 9.62. The molecule has 0 bridgehead atoms. The second kappa shape index (κ2) is 5.19. The van der Waals surface area contributed by atoms with Gasteiger partial charge in [0, 0.05) is 0 Å². The molecule has 0 aromatic heterocycles. The van der Waals surface area contributed by atoms with Gasteiger partial charge in [0.1, 0.15) is 0 Å². The summed E-state index contributed by atoms with van der Waals surface area (Å²) in [5, 5.41) is 0. The van der Waals surface area contributed by atoms with Crippen LogP contribution in [-0.4, -0.2) is 0 Å². The van der Waals surface area contributed by atoms with Crippen molar-refractivity contribution in [1.82, 2.24) is 0 Å². The molecule has 0 heteroatoms. The normalized spacial score (nSPS) is 15.6. The third kappa shape index (κ3) is 3.63.